The number of aromatic nitrogens is 1. The summed E-state index contributed by atoms with van der Waals surface area (Å²) in [6.07, 6.45) is 5.85. The third kappa shape index (κ3) is 3.46. The van der Waals surface area contributed by atoms with Gasteiger partial charge in [0.1, 0.15) is 5.69 Å². The highest BCUT2D eigenvalue weighted by atomic mass is 16.1. The Morgan fingerprint density at radius 3 is 2.73 bits per heavy atom. The smallest absolute Gasteiger partial charge is 0.184 e. The van der Waals surface area contributed by atoms with Crippen LogP contribution in [0, 0.1) is 5.92 Å². The second-order valence-corrected chi connectivity index (χ2v) is 3.83. The number of pyridine rings is 1. The number of carbonyl (C=O) groups excluding carboxylic acids is 1. The van der Waals surface area contributed by atoms with Crippen LogP contribution in [0.25, 0.3) is 0 Å². The van der Waals surface area contributed by atoms with Crippen molar-refractivity contribution >= 4 is 5.78 Å². The molecular formula is C13H19NO. The van der Waals surface area contributed by atoms with Crippen molar-refractivity contribution in [1.29, 1.82) is 0 Å². The molecule has 1 unspecified atom stereocenters. The van der Waals surface area contributed by atoms with E-state index in [1.54, 1.807) is 12.3 Å². The summed E-state index contributed by atoms with van der Waals surface area (Å²) in [5, 5.41) is 0. The van der Waals surface area contributed by atoms with Crippen LogP contribution in [0.1, 0.15) is 50.0 Å². The van der Waals surface area contributed by atoms with Gasteiger partial charge >= 0.3 is 0 Å². The van der Waals surface area contributed by atoms with Crippen molar-refractivity contribution in [2.75, 3.05) is 0 Å². The lowest BCUT2D eigenvalue weighted by Gasteiger charge is -2.12. The minimum absolute atomic E-state index is 0.153. The Kier molecular flexibility index (Phi) is 5.02. The van der Waals surface area contributed by atoms with Crippen LogP contribution in [0.5, 0.6) is 0 Å². The molecule has 0 amide bonds. The molecule has 82 valence electrons. The minimum Gasteiger partial charge on any atom is -0.292 e. The van der Waals surface area contributed by atoms with Gasteiger partial charge in [0, 0.05) is 12.1 Å². The molecule has 1 heterocycles. The zero-order valence-corrected chi connectivity index (χ0v) is 9.57. The molecule has 1 aromatic rings. The lowest BCUT2D eigenvalue weighted by molar-refractivity contribution is 0.0903. The molecule has 0 aliphatic heterocycles. The molecule has 0 aliphatic carbocycles. The van der Waals surface area contributed by atoms with Crippen LogP contribution in [0.3, 0.4) is 0 Å². The van der Waals surface area contributed by atoms with Gasteiger partial charge in [-0.1, -0.05) is 32.8 Å². The Morgan fingerprint density at radius 1 is 1.40 bits per heavy atom. The summed E-state index contributed by atoms with van der Waals surface area (Å²) in [7, 11) is 0. The molecule has 0 saturated heterocycles. The monoisotopic (exact) mass is 205 g/mol. The molecule has 0 aromatic carbocycles. The van der Waals surface area contributed by atoms with E-state index >= 15 is 0 Å². The fourth-order valence-electron chi connectivity index (χ4n) is 1.69. The predicted octanol–water partition coefficient (Wildman–Crippen LogP) is 3.48. The fourth-order valence-corrected chi connectivity index (χ4v) is 1.69. The van der Waals surface area contributed by atoms with Gasteiger partial charge in [-0.2, -0.15) is 0 Å². The first kappa shape index (κ1) is 11.9. The molecule has 1 aromatic heterocycles. The molecule has 0 aliphatic rings. The van der Waals surface area contributed by atoms with E-state index in [0.717, 1.165) is 25.7 Å². The van der Waals surface area contributed by atoms with Crippen LogP contribution >= 0.6 is 0 Å². The van der Waals surface area contributed by atoms with Crippen molar-refractivity contribution in [3.8, 4) is 0 Å². The van der Waals surface area contributed by atoms with Crippen LogP contribution in [0.4, 0.5) is 0 Å². The van der Waals surface area contributed by atoms with E-state index < -0.39 is 0 Å². The molecule has 0 radical (unpaired) electrons. The topological polar surface area (TPSA) is 30.0 Å². The molecular weight excluding hydrogens is 186 g/mol. The Balaban J connectivity index is 2.65. The number of carbonyl (C=O) groups is 1. The highest BCUT2D eigenvalue weighted by Gasteiger charge is 2.18. The van der Waals surface area contributed by atoms with Crippen molar-refractivity contribution in [2.24, 2.45) is 5.92 Å². The Hall–Kier alpha value is -1.18. The van der Waals surface area contributed by atoms with Crippen LogP contribution in [-0.2, 0) is 0 Å². The van der Waals surface area contributed by atoms with E-state index in [0.29, 0.717) is 5.69 Å². The first-order chi connectivity index (χ1) is 7.29. The van der Waals surface area contributed by atoms with Gasteiger partial charge in [-0.05, 0) is 25.0 Å². The Labute approximate surface area is 91.7 Å². The number of hydrogen-bond donors (Lipinski definition) is 0. The molecule has 15 heavy (non-hydrogen) atoms. The Bertz CT molecular complexity index is 295. The highest BCUT2D eigenvalue weighted by Crippen LogP contribution is 2.17. The van der Waals surface area contributed by atoms with Gasteiger partial charge in [-0.3, -0.25) is 9.78 Å². The number of rotatable bonds is 6. The summed E-state index contributed by atoms with van der Waals surface area (Å²) >= 11 is 0. The van der Waals surface area contributed by atoms with Crippen LogP contribution < -0.4 is 0 Å². The van der Waals surface area contributed by atoms with Gasteiger partial charge in [-0.25, -0.2) is 0 Å². The second kappa shape index (κ2) is 6.33. The molecule has 0 bridgehead atoms. The van der Waals surface area contributed by atoms with E-state index in [9.17, 15) is 4.79 Å². The van der Waals surface area contributed by atoms with Gasteiger partial charge in [0.25, 0.3) is 0 Å². The maximum absolute atomic E-state index is 12.0. The van der Waals surface area contributed by atoms with Crippen LogP contribution in [-0.4, -0.2) is 10.8 Å². The molecule has 0 N–H and O–H groups in total. The number of ketones is 1. The molecule has 0 saturated carbocycles. The van der Waals surface area contributed by atoms with Gasteiger partial charge in [0.05, 0.1) is 0 Å². The fraction of sp³-hybridized carbons (Fsp3) is 0.538. The zero-order valence-electron chi connectivity index (χ0n) is 9.57. The summed E-state index contributed by atoms with van der Waals surface area (Å²) in [5.74, 6) is 0.353. The van der Waals surface area contributed by atoms with E-state index in [4.69, 9.17) is 0 Å². The molecule has 0 fully saturated rings. The summed E-state index contributed by atoms with van der Waals surface area (Å²) in [6.45, 7) is 4.22. The largest absolute Gasteiger partial charge is 0.292 e. The minimum atomic E-state index is 0.153. The third-order valence-electron chi connectivity index (χ3n) is 2.69. The predicted molar refractivity (Wildman–Crippen MR) is 61.9 cm³/mol. The average molecular weight is 205 g/mol. The van der Waals surface area contributed by atoms with Crippen molar-refractivity contribution in [2.45, 2.75) is 39.5 Å². The van der Waals surface area contributed by atoms with Crippen molar-refractivity contribution in [1.82, 2.24) is 4.98 Å². The summed E-state index contributed by atoms with van der Waals surface area (Å²) < 4.78 is 0. The summed E-state index contributed by atoms with van der Waals surface area (Å²) in [6, 6.07) is 5.51. The molecule has 2 heteroatoms. The quantitative estimate of drug-likeness (QED) is 0.665. The molecule has 0 spiro atoms. The lowest BCUT2D eigenvalue weighted by atomic mass is 9.93. The summed E-state index contributed by atoms with van der Waals surface area (Å²) in [5.41, 5.74) is 0.612. The van der Waals surface area contributed by atoms with Crippen molar-refractivity contribution in [3.05, 3.63) is 30.1 Å². The zero-order chi connectivity index (χ0) is 11.1. The first-order valence-electron chi connectivity index (χ1n) is 5.74. The van der Waals surface area contributed by atoms with E-state index in [1.165, 1.54) is 0 Å². The molecule has 1 atom stereocenters. The van der Waals surface area contributed by atoms with Gasteiger partial charge in [0.2, 0.25) is 0 Å². The number of hydrogen-bond acceptors (Lipinski definition) is 2. The number of unbranched alkanes of at least 4 members (excludes halogenated alkanes) is 1. The number of nitrogens with zero attached hydrogens (tertiary/aromatic N) is 1. The average Bonchev–Trinajstić information content (AvgIpc) is 2.31. The standard InChI is InChI=1S/C13H19NO/c1-3-5-8-11(4-2)13(15)12-9-6-7-10-14-12/h6-7,9-11H,3-5,8H2,1-2H3. The third-order valence-corrected chi connectivity index (χ3v) is 2.69. The number of Topliss-reactive ketones (excluding diaryl/α,β-unsaturated/α-hetero) is 1. The van der Waals surface area contributed by atoms with Gasteiger partial charge < -0.3 is 0 Å². The van der Waals surface area contributed by atoms with Crippen LogP contribution in [0.2, 0.25) is 0 Å². The van der Waals surface area contributed by atoms with Gasteiger partial charge in [-0.15, -0.1) is 0 Å². The van der Waals surface area contributed by atoms with Gasteiger partial charge in [0.15, 0.2) is 5.78 Å². The first-order valence-corrected chi connectivity index (χ1v) is 5.74. The van der Waals surface area contributed by atoms with Crippen molar-refractivity contribution in [3.63, 3.8) is 0 Å². The summed E-state index contributed by atoms with van der Waals surface area (Å²) in [4.78, 5) is 16.1. The molecule has 1 rings (SSSR count). The lowest BCUT2D eigenvalue weighted by Crippen LogP contribution is -2.15. The maximum atomic E-state index is 12.0. The Morgan fingerprint density at radius 2 is 2.20 bits per heavy atom. The van der Waals surface area contributed by atoms with Crippen LogP contribution in [0.15, 0.2) is 24.4 Å². The van der Waals surface area contributed by atoms with E-state index in [-0.39, 0.29) is 11.7 Å². The normalized spacial score (nSPS) is 12.4. The van der Waals surface area contributed by atoms with E-state index in [2.05, 4.69) is 18.8 Å². The molecule has 2 nitrogen and oxygen atoms in total. The van der Waals surface area contributed by atoms with E-state index in [1.807, 2.05) is 12.1 Å². The highest BCUT2D eigenvalue weighted by molar-refractivity contribution is 5.95. The SMILES string of the molecule is CCCCC(CC)C(=O)c1ccccn1. The van der Waals surface area contributed by atoms with Crippen molar-refractivity contribution < 1.29 is 4.79 Å². The second-order valence-electron chi connectivity index (χ2n) is 3.83. The maximum Gasteiger partial charge on any atom is 0.184 e.